The summed E-state index contributed by atoms with van der Waals surface area (Å²) in [6.07, 6.45) is 1.71. The van der Waals surface area contributed by atoms with Gasteiger partial charge in [-0.15, -0.1) is 0 Å². The molecular formula is C13H10N4O3. The van der Waals surface area contributed by atoms with E-state index in [1.54, 1.807) is 24.3 Å². The van der Waals surface area contributed by atoms with E-state index in [1.807, 2.05) is 0 Å². The third-order valence-electron chi connectivity index (χ3n) is 2.78. The summed E-state index contributed by atoms with van der Waals surface area (Å²) in [5.74, 6) is 1.10. The monoisotopic (exact) mass is 270 g/mol. The van der Waals surface area contributed by atoms with Gasteiger partial charge in [-0.1, -0.05) is 6.07 Å². The number of rotatable bonds is 2. The van der Waals surface area contributed by atoms with Gasteiger partial charge in [0.1, 0.15) is 17.9 Å². The van der Waals surface area contributed by atoms with Crippen LogP contribution in [0, 0.1) is 0 Å². The van der Waals surface area contributed by atoms with Crippen molar-refractivity contribution in [1.82, 2.24) is 14.5 Å². The lowest BCUT2D eigenvalue weighted by molar-refractivity contribution is 0.197. The first-order chi connectivity index (χ1) is 9.65. The van der Waals surface area contributed by atoms with Crippen LogP contribution in [0.25, 0.3) is 10.9 Å². The highest BCUT2D eigenvalue weighted by molar-refractivity contribution is 5.92. The van der Waals surface area contributed by atoms with Crippen molar-refractivity contribution in [3.63, 3.8) is 0 Å². The molecule has 3 N–H and O–H groups in total. The topological polar surface area (TPSA) is 103 Å². The van der Waals surface area contributed by atoms with Gasteiger partial charge in [0.15, 0.2) is 0 Å². The normalized spacial score (nSPS) is 10.6. The average molecular weight is 270 g/mol. The highest BCUT2D eigenvalue weighted by Crippen LogP contribution is 2.30. The minimum absolute atomic E-state index is 0.297. The number of nitrogens with two attached hydrogens (primary N) is 1. The number of hydrogen-bond donors (Lipinski definition) is 2. The Hall–Kier alpha value is -3.09. The fraction of sp³-hybridized carbons (Fsp3) is 0. The Kier molecular flexibility index (Phi) is 2.72. The van der Waals surface area contributed by atoms with Crippen molar-refractivity contribution in [2.45, 2.75) is 0 Å². The van der Waals surface area contributed by atoms with Gasteiger partial charge in [-0.25, -0.2) is 14.8 Å². The molecule has 2 heterocycles. The second-order valence-electron chi connectivity index (χ2n) is 4.04. The molecule has 3 aromatic rings. The molecule has 0 fully saturated rings. The lowest BCUT2D eigenvalue weighted by Gasteiger charge is -2.06. The molecule has 100 valence electrons. The first kappa shape index (κ1) is 12.0. The second kappa shape index (κ2) is 4.54. The highest BCUT2D eigenvalue weighted by atomic mass is 16.5. The van der Waals surface area contributed by atoms with E-state index < -0.39 is 6.09 Å². The van der Waals surface area contributed by atoms with E-state index in [0.717, 1.165) is 4.57 Å². The van der Waals surface area contributed by atoms with Gasteiger partial charge in [0.25, 0.3) is 0 Å². The number of aromatic nitrogens is 3. The molecule has 20 heavy (non-hydrogen) atoms. The van der Waals surface area contributed by atoms with Crippen molar-refractivity contribution in [2.24, 2.45) is 0 Å². The number of nitrogens with zero attached hydrogens (tertiary/aromatic N) is 3. The Bertz CT molecular complexity index is 797. The van der Waals surface area contributed by atoms with Crippen LogP contribution in [0.5, 0.6) is 11.6 Å². The smallest absolute Gasteiger partial charge is 0.416 e. The predicted molar refractivity (Wildman–Crippen MR) is 71.9 cm³/mol. The van der Waals surface area contributed by atoms with E-state index in [2.05, 4.69) is 9.97 Å². The van der Waals surface area contributed by atoms with E-state index in [1.165, 1.54) is 18.6 Å². The fourth-order valence-electron chi connectivity index (χ4n) is 1.92. The lowest BCUT2D eigenvalue weighted by Crippen LogP contribution is -2.05. The van der Waals surface area contributed by atoms with Crippen LogP contribution in [-0.4, -0.2) is 25.7 Å². The maximum absolute atomic E-state index is 11.1. The summed E-state index contributed by atoms with van der Waals surface area (Å²) in [4.78, 5) is 18.8. The van der Waals surface area contributed by atoms with Crippen LogP contribution in [0.2, 0.25) is 0 Å². The van der Waals surface area contributed by atoms with E-state index in [0.29, 0.717) is 28.4 Å². The van der Waals surface area contributed by atoms with Crippen molar-refractivity contribution in [1.29, 1.82) is 0 Å². The number of carbonyl (C=O) groups is 1. The summed E-state index contributed by atoms with van der Waals surface area (Å²) in [6.45, 7) is 0. The molecule has 0 atom stereocenters. The minimum atomic E-state index is -1.05. The number of anilines is 1. The van der Waals surface area contributed by atoms with Crippen LogP contribution >= 0.6 is 0 Å². The van der Waals surface area contributed by atoms with Crippen molar-refractivity contribution in [2.75, 3.05) is 5.73 Å². The molecule has 0 aliphatic rings. The molecule has 0 bridgehead atoms. The molecule has 0 amide bonds. The molecular weight excluding hydrogens is 260 g/mol. The lowest BCUT2D eigenvalue weighted by atomic mass is 10.2. The summed E-state index contributed by atoms with van der Waals surface area (Å²) in [6, 6.07) is 8.30. The summed E-state index contributed by atoms with van der Waals surface area (Å²) in [5.41, 5.74) is 6.09. The summed E-state index contributed by atoms with van der Waals surface area (Å²) in [7, 11) is 0. The van der Waals surface area contributed by atoms with Gasteiger partial charge in [0.05, 0.1) is 5.52 Å². The van der Waals surface area contributed by atoms with Crippen LogP contribution in [0.15, 0.2) is 42.9 Å². The van der Waals surface area contributed by atoms with Gasteiger partial charge < -0.3 is 15.6 Å². The molecule has 2 aromatic heterocycles. The molecule has 3 rings (SSSR count). The van der Waals surface area contributed by atoms with Gasteiger partial charge in [-0.2, -0.15) is 0 Å². The fourth-order valence-corrected chi connectivity index (χ4v) is 1.92. The second-order valence-corrected chi connectivity index (χ2v) is 4.04. The average Bonchev–Trinajstić information content (AvgIpc) is 2.84. The summed E-state index contributed by atoms with van der Waals surface area (Å²) >= 11 is 0. The molecule has 0 spiro atoms. The Morgan fingerprint density at radius 1 is 1.30 bits per heavy atom. The van der Waals surface area contributed by atoms with Gasteiger partial charge in [0.2, 0.25) is 5.88 Å². The van der Waals surface area contributed by atoms with Crippen LogP contribution < -0.4 is 10.5 Å². The molecule has 7 heteroatoms. The maximum Gasteiger partial charge on any atom is 0.416 e. The van der Waals surface area contributed by atoms with Crippen LogP contribution in [-0.2, 0) is 0 Å². The Morgan fingerprint density at radius 3 is 2.90 bits per heavy atom. The molecule has 1 aromatic carbocycles. The predicted octanol–water partition coefficient (Wildman–Crippen LogP) is 2.33. The van der Waals surface area contributed by atoms with Crippen molar-refractivity contribution >= 4 is 22.8 Å². The van der Waals surface area contributed by atoms with Crippen LogP contribution in [0.3, 0.4) is 0 Å². The Morgan fingerprint density at radius 2 is 2.15 bits per heavy atom. The standard InChI is InChI=1S/C13H10N4O3/c14-11-6-12(16-7-15-11)20-10-3-1-2-9-8(10)4-5-17(9)13(18)19/h1-7H,(H,18,19)(H2,14,15,16). The van der Waals surface area contributed by atoms with Crippen molar-refractivity contribution < 1.29 is 14.6 Å². The van der Waals surface area contributed by atoms with Gasteiger partial charge in [-0.3, -0.25) is 4.57 Å². The molecule has 0 aliphatic carbocycles. The zero-order chi connectivity index (χ0) is 14.1. The van der Waals surface area contributed by atoms with Crippen molar-refractivity contribution in [3.05, 3.63) is 42.9 Å². The minimum Gasteiger partial charge on any atom is -0.464 e. The zero-order valence-electron chi connectivity index (χ0n) is 10.2. The van der Waals surface area contributed by atoms with E-state index in [4.69, 9.17) is 15.6 Å². The molecule has 0 saturated carbocycles. The van der Waals surface area contributed by atoms with Gasteiger partial charge >= 0.3 is 6.09 Å². The maximum atomic E-state index is 11.1. The molecule has 7 nitrogen and oxygen atoms in total. The highest BCUT2D eigenvalue weighted by Gasteiger charge is 2.11. The summed E-state index contributed by atoms with van der Waals surface area (Å²) < 4.78 is 6.75. The molecule has 0 unspecified atom stereocenters. The first-order valence-electron chi connectivity index (χ1n) is 5.74. The van der Waals surface area contributed by atoms with Gasteiger partial charge in [0, 0.05) is 17.6 Å². The van der Waals surface area contributed by atoms with E-state index in [-0.39, 0.29) is 0 Å². The SMILES string of the molecule is Nc1cc(Oc2cccc3c2ccn3C(=O)O)ncn1. The number of ether oxygens (including phenoxy) is 1. The first-order valence-corrected chi connectivity index (χ1v) is 5.74. The molecule has 0 aliphatic heterocycles. The molecule has 0 radical (unpaired) electrons. The Balaban J connectivity index is 2.06. The number of benzene rings is 1. The number of carboxylic acid groups (broad SMARTS) is 1. The Labute approximate surface area is 113 Å². The quantitative estimate of drug-likeness (QED) is 0.740. The van der Waals surface area contributed by atoms with Crippen molar-refractivity contribution in [3.8, 4) is 11.6 Å². The van der Waals surface area contributed by atoms with E-state index >= 15 is 0 Å². The third kappa shape index (κ3) is 2.01. The largest absolute Gasteiger partial charge is 0.464 e. The number of nitrogen functional groups attached to an aromatic ring is 1. The van der Waals surface area contributed by atoms with Crippen LogP contribution in [0.1, 0.15) is 0 Å². The van der Waals surface area contributed by atoms with Gasteiger partial charge in [-0.05, 0) is 18.2 Å². The van der Waals surface area contributed by atoms with Crippen LogP contribution in [0.4, 0.5) is 10.6 Å². The van der Waals surface area contributed by atoms with E-state index in [9.17, 15) is 4.79 Å². The third-order valence-corrected chi connectivity index (χ3v) is 2.78. The summed E-state index contributed by atoms with van der Waals surface area (Å²) in [5, 5.41) is 9.75. The zero-order valence-corrected chi connectivity index (χ0v) is 10.2. The molecule has 0 saturated heterocycles. The number of hydrogen-bond acceptors (Lipinski definition) is 5. The number of fused-ring (bicyclic) bond motifs is 1.